The normalized spacial score (nSPS) is 11.8. The highest BCUT2D eigenvalue weighted by Gasteiger charge is 2.21. The fourth-order valence-corrected chi connectivity index (χ4v) is 11.4. The molecule has 4 heteroatoms. The summed E-state index contributed by atoms with van der Waals surface area (Å²) in [5.74, 6) is 0. The SMILES string of the molecule is c1ccc(-n2c3ccccc3c3sc4c(-c5cccc(N(c6ccc(-c7cccc8ccccc78)cc6)c6ccc(-n7c8ccccc8c8ccccc87)cc6)c5)cccc4c32)cc1. The number of hydrogen-bond donors (Lipinski definition) is 0. The maximum atomic E-state index is 2.44. The van der Waals surface area contributed by atoms with Crippen LogP contribution in [-0.4, -0.2) is 9.13 Å². The number of nitrogens with zero attached hydrogens (tertiary/aromatic N) is 3. The first-order valence-electron chi connectivity index (χ1n) is 21.8. The molecule has 300 valence electrons. The molecule has 0 fully saturated rings. The Morgan fingerprint density at radius 2 is 0.844 bits per heavy atom. The lowest BCUT2D eigenvalue weighted by molar-refractivity contribution is 1.17. The Balaban J connectivity index is 0.965. The summed E-state index contributed by atoms with van der Waals surface area (Å²) in [7, 11) is 0. The van der Waals surface area contributed by atoms with Crippen molar-refractivity contribution in [3.05, 3.63) is 237 Å². The molecule has 0 amide bonds. The predicted octanol–water partition coefficient (Wildman–Crippen LogP) is 17.1. The molecular formula is C60H39N3S. The van der Waals surface area contributed by atoms with E-state index in [4.69, 9.17) is 0 Å². The van der Waals surface area contributed by atoms with Gasteiger partial charge in [0.1, 0.15) is 0 Å². The van der Waals surface area contributed by atoms with Gasteiger partial charge >= 0.3 is 0 Å². The number of rotatable bonds is 7. The van der Waals surface area contributed by atoms with Crippen molar-refractivity contribution in [1.82, 2.24) is 9.13 Å². The molecule has 0 radical (unpaired) electrons. The van der Waals surface area contributed by atoms with Gasteiger partial charge in [-0.05, 0) is 112 Å². The van der Waals surface area contributed by atoms with Gasteiger partial charge < -0.3 is 14.0 Å². The average molecular weight is 834 g/mol. The van der Waals surface area contributed by atoms with Crippen molar-refractivity contribution in [2.45, 2.75) is 0 Å². The van der Waals surface area contributed by atoms with Gasteiger partial charge in [0.25, 0.3) is 0 Å². The van der Waals surface area contributed by atoms with E-state index in [0.29, 0.717) is 0 Å². The lowest BCUT2D eigenvalue weighted by Gasteiger charge is -2.26. The highest BCUT2D eigenvalue weighted by molar-refractivity contribution is 7.27. The van der Waals surface area contributed by atoms with E-state index in [0.717, 1.165) is 22.7 Å². The predicted molar refractivity (Wildman–Crippen MR) is 274 cm³/mol. The zero-order chi connectivity index (χ0) is 42.1. The van der Waals surface area contributed by atoms with E-state index < -0.39 is 0 Å². The summed E-state index contributed by atoms with van der Waals surface area (Å²) in [4.78, 5) is 2.40. The fraction of sp³-hybridized carbons (Fsp3) is 0. The third-order valence-corrected chi connectivity index (χ3v) is 14.2. The summed E-state index contributed by atoms with van der Waals surface area (Å²) in [6.07, 6.45) is 0. The molecular weight excluding hydrogens is 795 g/mol. The third-order valence-electron chi connectivity index (χ3n) is 12.9. The Bertz CT molecular complexity index is 3830. The van der Waals surface area contributed by atoms with Crippen LogP contribution in [0.4, 0.5) is 17.1 Å². The summed E-state index contributed by atoms with van der Waals surface area (Å²) in [5.41, 5.74) is 15.3. The second-order valence-corrected chi connectivity index (χ2v) is 17.5. The van der Waals surface area contributed by atoms with Crippen molar-refractivity contribution >= 4 is 92.2 Å². The van der Waals surface area contributed by atoms with Gasteiger partial charge in [0.05, 0.1) is 26.8 Å². The molecule has 3 aromatic heterocycles. The van der Waals surface area contributed by atoms with Gasteiger partial charge in [-0.3, -0.25) is 0 Å². The van der Waals surface area contributed by atoms with Crippen molar-refractivity contribution in [3.8, 4) is 33.6 Å². The third kappa shape index (κ3) is 5.73. The van der Waals surface area contributed by atoms with Crippen LogP contribution in [0, 0.1) is 0 Å². The van der Waals surface area contributed by atoms with Crippen molar-refractivity contribution in [1.29, 1.82) is 0 Å². The Labute approximate surface area is 374 Å². The Hall–Kier alpha value is -8.18. The van der Waals surface area contributed by atoms with Crippen LogP contribution >= 0.6 is 11.3 Å². The summed E-state index contributed by atoms with van der Waals surface area (Å²) in [5, 5.41) is 7.57. The largest absolute Gasteiger partial charge is 0.310 e. The van der Waals surface area contributed by atoms with Crippen molar-refractivity contribution in [2.24, 2.45) is 0 Å². The topological polar surface area (TPSA) is 13.1 Å². The van der Waals surface area contributed by atoms with E-state index in [1.807, 2.05) is 11.3 Å². The second kappa shape index (κ2) is 14.7. The minimum Gasteiger partial charge on any atom is -0.310 e. The van der Waals surface area contributed by atoms with E-state index in [-0.39, 0.29) is 0 Å². The van der Waals surface area contributed by atoms with Crippen molar-refractivity contribution < 1.29 is 0 Å². The first-order valence-corrected chi connectivity index (χ1v) is 22.7. The van der Waals surface area contributed by atoms with Crippen LogP contribution in [0.15, 0.2) is 237 Å². The van der Waals surface area contributed by atoms with E-state index in [2.05, 4.69) is 251 Å². The van der Waals surface area contributed by atoms with Gasteiger partial charge in [-0.15, -0.1) is 11.3 Å². The Morgan fingerprint density at radius 1 is 0.312 bits per heavy atom. The zero-order valence-electron chi connectivity index (χ0n) is 34.8. The monoisotopic (exact) mass is 833 g/mol. The molecule has 13 aromatic rings. The Morgan fingerprint density at radius 3 is 1.58 bits per heavy atom. The van der Waals surface area contributed by atoms with Crippen LogP contribution in [0.25, 0.3) is 97.4 Å². The number of thiophene rings is 1. The minimum atomic E-state index is 1.09. The standard InChI is InChI=1S/C60H39N3S/c1-2-18-43(19-3-1)63-57-30-11-8-24-53(57)60-58(63)54-27-14-26-50(59(54)64-60)42-17-12-20-47(39-42)61(44-33-31-41(32-34-44)49-25-13-16-40-15-4-5-21-48(40)49)45-35-37-46(38-36-45)62-55-28-9-6-22-51(55)52-23-7-10-29-56(52)62/h1-39H. The second-order valence-electron chi connectivity index (χ2n) is 16.5. The molecule has 10 aromatic carbocycles. The molecule has 0 saturated carbocycles. The molecule has 0 N–H and O–H groups in total. The van der Waals surface area contributed by atoms with E-state index in [1.54, 1.807) is 0 Å². The number of fused-ring (bicyclic) bond motifs is 9. The molecule has 0 saturated heterocycles. The zero-order valence-corrected chi connectivity index (χ0v) is 35.6. The molecule has 0 bridgehead atoms. The van der Waals surface area contributed by atoms with Gasteiger partial charge in [0.15, 0.2) is 0 Å². The maximum absolute atomic E-state index is 2.44. The van der Waals surface area contributed by atoms with Crippen LogP contribution < -0.4 is 4.90 Å². The van der Waals surface area contributed by atoms with E-state index in [1.165, 1.54) is 91.7 Å². The molecule has 0 aliphatic rings. The first kappa shape index (κ1) is 36.5. The van der Waals surface area contributed by atoms with Crippen LogP contribution in [0.5, 0.6) is 0 Å². The highest BCUT2D eigenvalue weighted by atomic mass is 32.1. The van der Waals surface area contributed by atoms with Crippen LogP contribution in [0.3, 0.4) is 0 Å². The van der Waals surface area contributed by atoms with Gasteiger partial charge in [-0.2, -0.15) is 0 Å². The average Bonchev–Trinajstić information content (AvgIpc) is 4.02. The lowest BCUT2D eigenvalue weighted by Crippen LogP contribution is -2.10. The van der Waals surface area contributed by atoms with Crippen LogP contribution in [0.2, 0.25) is 0 Å². The van der Waals surface area contributed by atoms with Crippen LogP contribution in [0.1, 0.15) is 0 Å². The number of benzene rings is 10. The van der Waals surface area contributed by atoms with Crippen molar-refractivity contribution in [2.75, 3.05) is 4.90 Å². The van der Waals surface area contributed by atoms with Gasteiger partial charge in [0, 0.05) is 54.7 Å². The number of aromatic nitrogens is 2. The van der Waals surface area contributed by atoms with Gasteiger partial charge in [-0.1, -0.05) is 158 Å². The smallest absolute Gasteiger partial charge is 0.0727 e. The van der Waals surface area contributed by atoms with Crippen LogP contribution in [-0.2, 0) is 0 Å². The fourth-order valence-electron chi connectivity index (χ4n) is 10.0. The molecule has 3 nitrogen and oxygen atoms in total. The number of para-hydroxylation sites is 4. The molecule has 13 rings (SSSR count). The molecule has 0 atom stereocenters. The Kier molecular flexibility index (Phi) is 8.40. The molecule has 0 spiro atoms. The quantitative estimate of drug-likeness (QED) is 0.156. The molecule has 0 aliphatic carbocycles. The molecule has 64 heavy (non-hydrogen) atoms. The highest BCUT2D eigenvalue weighted by Crippen LogP contribution is 2.47. The summed E-state index contributed by atoms with van der Waals surface area (Å²) >= 11 is 1.90. The minimum absolute atomic E-state index is 1.09. The van der Waals surface area contributed by atoms with E-state index >= 15 is 0 Å². The summed E-state index contributed by atoms with van der Waals surface area (Å²) in [6, 6.07) is 86.2. The number of anilines is 3. The maximum Gasteiger partial charge on any atom is 0.0727 e. The van der Waals surface area contributed by atoms with E-state index in [9.17, 15) is 0 Å². The lowest BCUT2D eigenvalue weighted by atomic mass is 9.98. The number of hydrogen-bond acceptors (Lipinski definition) is 2. The summed E-state index contributed by atoms with van der Waals surface area (Å²) in [6.45, 7) is 0. The summed E-state index contributed by atoms with van der Waals surface area (Å²) < 4.78 is 7.43. The van der Waals surface area contributed by atoms with Gasteiger partial charge in [0.2, 0.25) is 0 Å². The molecule has 0 aliphatic heterocycles. The molecule has 3 heterocycles. The van der Waals surface area contributed by atoms with Gasteiger partial charge in [-0.25, -0.2) is 0 Å². The first-order chi connectivity index (χ1) is 31.8. The molecule has 0 unspecified atom stereocenters. The van der Waals surface area contributed by atoms with Crippen molar-refractivity contribution in [3.63, 3.8) is 0 Å².